The summed E-state index contributed by atoms with van der Waals surface area (Å²) in [5, 5.41) is 5.81. The van der Waals surface area contributed by atoms with Gasteiger partial charge < -0.3 is 20.3 Å². The van der Waals surface area contributed by atoms with Crippen molar-refractivity contribution in [3.63, 3.8) is 0 Å². The van der Waals surface area contributed by atoms with E-state index in [1.54, 1.807) is 18.2 Å². The molecular formula is C21H20ClFN6O2. The lowest BCUT2D eigenvalue weighted by atomic mass is 10.2. The molecule has 3 aromatic rings. The number of hydrogen-bond donors (Lipinski definition) is 2. The van der Waals surface area contributed by atoms with Gasteiger partial charge in [-0.05, 0) is 25.1 Å². The standard InChI is InChI=1S/C21H20ClFN6O2/c1-13-11-18(28-21(25-13)29-7-9-31-10-8-29)27-17-12-14(5-6-24-17)26-20(30)19-15(22)3-2-4-16(19)23/h2-6,11-12H,7-10H2,1H3,(H2,24,25,26,27,28,30). The number of morpholine rings is 1. The van der Waals surface area contributed by atoms with Gasteiger partial charge in [0, 0.05) is 42.8 Å². The number of amides is 1. The van der Waals surface area contributed by atoms with Crippen LogP contribution >= 0.6 is 11.6 Å². The molecule has 0 bridgehead atoms. The molecule has 31 heavy (non-hydrogen) atoms. The van der Waals surface area contributed by atoms with E-state index in [1.807, 2.05) is 6.92 Å². The molecule has 2 N–H and O–H groups in total. The van der Waals surface area contributed by atoms with Crippen LogP contribution in [0.5, 0.6) is 0 Å². The summed E-state index contributed by atoms with van der Waals surface area (Å²) in [6.07, 6.45) is 1.53. The Morgan fingerprint density at radius 2 is 1.97 bits per heavy atom. The fraction of sp³-hybridized carbons (Fsp3) is 0.238. The minimum atomic E-state index is -0.690. The monoisotopic (exact) mass is 442 g/mol. The Labute approximate surface area is 183 Å². The number of nitrogens with one attached hydrogen (secondary N) is 2. The molecule has 2 aromatic heterocycles. The first-order valence-electron chi connectivity index (χ1n) is 9.66. The highest BCUT2D eigenvalue weighted by molar-refractivity contribution is 6.34. The van der Waals surface area contributed by atoms with Gasteiger partial charge >= 0.3 is 0 Å². The second-order valence-corrected chi connectivity index (χ2v) is 7.31. The van der Waals surface area contributed by atoms with E-state index in [-0.39, 0.29) is 10.6 Å². The fourth-order valence-electron chi connectivity index (χ4n) is 3.14. The van der Waals surface area contributed by atoms with Gasteiger partial charge in [0.05, 0.1) is 23.8 Å². The Hall–Kier alpha value is -3.30. The highest BCUT2D eigenvalue weighted by Gasteiger charge is 2.17. The quantitative estimate of drug-likeness (QED) is 0.620. The summed E-state index contributed by atoms with van der Waals surface area (Å²) in [7, 11) is 0. The fourth-order valence-corrected chi connectivity index (χ4v) is 3.39. The molecule has 0 spiro atoms. The topological polar surface area (TPSA) is 92.3 Å². The molecule has 1 aromatic carbocycles. The van der Waals surface area contributed by atoms with Crippen LogP contribution in [0.2, 0.25) is 5.02 Å². The largest absolute Gasteiger partial charge is 0.378 e. The molecule has 1 aliphatic rings. The van der Waals surface area contributed by atoms with E-state index < -0.39 is 11.7 Å². The molecule has 10 heteroatoms. The van der Waals surface area contributed by atoms with Crippen molar-refractivity contribution in [1.29, 1.82) is 0 Å². The number of carbonyl (C=O) groups is 1. The Kier molecular flexibility index (Phi) is 6.24. The third kappa shape index (κ3) is 5.07. The molecule has 1 aliphatic heterocycles. The SMILES string of the molecule is Cc1cc(Nc2cc(NC(=O)c3c(F)cccc3Cl)ccn2)nc(N2CCOCC2)n1. The van der Waals surface area contributed by atoms with Gasteiger partial charge in [0.25, 0.3) is 5.91 Å². The minimum absolute atomic E-state index is 0.0389. The first-order valence-corrected chi connectivity index (χ1v) is 10.0. The molecule has 0 saturated carbocycles. The van der Waals surface area contributed by atoms with Crippen LogP contribution in [-0.2, 0) is 4.74 Å². The number of pyridine rings is 1. The number of hydrogen-bond acceptors (Lipinski definition) is 7. The van der Waals surface area contributed by atoms with Gasteiger partial charge in [0.2, 0.25) is 5.95 Å². The zero-order valence-electron chi connectivity index (χ0n) is 16.7. The zero-order valence-corrected chi connectivity index (χ0v) is 17.5. The van der Waals surface area contributed by atoms with Crippen LogP contribution in [0.15, 0.2) is 42.6 Å². The average Bonchev–Trinajstić information content (AvgIpc) is 2.74. The van der Waals surface area contributed by atoms with Crippen LogP contribution in [-0.4, -0.2) is 47.2 Å². The van der Waals surface area contributed by atoms with E-state index >= 15 is 0 Å². The van der Waals surface area contributed by atoms with Crippen molar-refractivity contribution in [3.8, 4) is 0 Å². The van der Waals surface area contributed by atoms with Crippen molar-refractivity contribution < 1.29 is 13.9 Å². The van der Waals surface area contributed by atoms with Crippen LogP contribution in [0.25, 0.3) is 0 Å². The molecule has 0 unspecified atom stereocenters. The number of ether oxygens (including phenoxy) is 1. The number of anilines is 4. The van der Waals surface area contributed by atoms with Gasteiger partial charge in [0.1, 0.15) is 17.5 Å². The van der Waals surface area contributed by atoms with Crippen molar-refractivity contribution in [3.05, 3.63) is 64.7 Å². The summed E-state index contributed by atoms with van der Waals surface area (Å²) >= 11 is 5.97. The number of benzene rings is 1. The van der Waals surface area contributed by atoms with Crippen molar-refractivity contribution in [2.45, 2.75) is 6.92 Å². The summed E-state index contributed by atoms with van der Waals surface area (Å²) in [5.74, 6) is 0.312. The third-order valence-corrected chi connectivity index (χ3v) is 4.92. The van der Waals surface area contributed by atoms with E-state index in [0.29, 0.717) is 36.5 Å². The van der Waals surface area contributed by atoms with E-state index in [1.165, 1.54) is 24.4 Å². The van der Waals surface area contributed by atoms with Crippen molar-refractivity contribution in [2.24, 2.45) is 0 Å². The number of carbonyl (C=O) groups excluding carboxylic acids is 1. The molecule has 4 rings (SSSR count). The van der Waals surface area contributed by atoms with Crippen molar-refractivity contribution >= 4 is 40.8 Å². The summed E-state index contributed by atoms with van der Waals surface area (Å²) < 4.78 is 19.4. The lowest BCUT2D eigenvalue weighted by molar-refractivity contribution is 0.102. The second kappa shape index (κ2) is 9.23. The Bertz CT molecular complexity index is 1090. The number of aromatic nitrogens is 3. The normalized spacial score (nSPS) is 13.7. The summed E-state index contributed by atoms with van der Waals surface area (Å²) in [6, 6.07) is 9.11. The predicted molar refractivity (Wildman–Crippen MR) is 117 cm³/mol. The highest BCUT2D eigenvalue weighted by atomic mass is 35.5. The molecule has 1 saturated heterocycles. The van der Waals surface area contributed by atoms with Gasteiger partial charge in [0.15, 0.2) is 0 Å². The number of rotatable bonds is 5. The van der Waals surface area contributed by atoms with E-state index in [9.17, 15) is 9.18 Å². The van der Waals surface area contributed by atoms with E-state index in [0.717, 1.165) is 18.8 Å². The predicted octanol–water partition coefficient (Wildman–Crippen LogP) is 3.81. The van der Waals surface area contributed by atoms with Crippen molar-refractivity contribution in [1.82, 2.24) is 15.0 Å². The second-order valence-electron chi connectivity index (χ2n) is 6.90. The third-order valence-electron chi connectivity index (χ3n) is 4.60. The van der Waals surface area contributed by atoms with Crippen LogP contribution < -0.4 is 15.5 Å². The van der Waals surface area contributed by atoms with Crippen LogP contribution in [0, 0.1) is 12.7 Å². The lowest BCUT2D eigenvalue weighted by Crippen LogP contribution is -2.37. The molecular weight excluding hydrogens is 423 g/mol. The number of halogens is 2. The Balaban J connectivity index is 1.51. The first kappa shape index (κ1) is 21.0. The summed E-state index contributed by atoms with van der Waals surface area (Å²) in [5.41, 5.74) is 1.02. The molecule has 1 fully saturated rings. The number of nitrogens with zero attached hydrogens (tertiary/aromatic N) is 4. The van der Waals surface area contributed by atoms with Gasteiger partial charge in [-0.25, -0.2) is 14.4 Å². The summed E-state index contributed by atoms with van der Waals surface area (Å²) in [6.45, 7) is 4.60. The van der Waals surface area contributed by atoms with Gasteiger partial charge in [-0.1, -0.05) is 17.7 Å². The van der Waals surface area contributed by atoms with Crippen molar-refractivity contribution in [2.75, 3.05) is 41.8 Å². The molecule has 8 nitrogen and oxygen atoms in total. The van der Waals surface area contributed by atoms with Crippen LogP contribution in [0.1, 0.15) is 16.1 Å². The molecule has 0 radical (unpaired) electrons. The molecule has 3 heterocycles. The Morgan fingerprint density at radius 3 is 2.74 bits per heavy atom. The first-order chi connectivity index (χ1) is 15.0. The smallest absolute Gasteiger partial charge is 0.260 e. The van der Waals surface area contributed by atoms with Gasteiger partial charge in [-0.15, -0.1) is 0 Å². The molecule has 160 valence electrons. The summed E-state index contributed by atoms with van der Waals surface area (Å²) in [4.78, 5) is 27.9. The minimum Gasteiger partial charge on any atom is -0.378 e. The zero-order chi connectivity index (χ0) is 21.8. The lowest BCUT2D eigenvalue weighted by Gasteiger charge is -2.27. The maximum Gasteiger partial charge on any atom is 0.260 e. The number of aryl methyl sites for hydroxylation is 1. The highest BCUT2D eigenvalue weighted by Crippen LogP contribution is 2.23. The van der Waals surface area contributed by atoms with Gasteiger partial charge in [-0.3, -0.25) is 4.79 Å². The average molecular weight is 443 g/mol. The van der Waals surface area contributed by atoms with E-state index in [2.05, 4.69) is 30.5 Å². The van der Waals surface area contributed by atoms with Crippen LogP contribution in [0.4, 0.5) is 27.7 Å². The molecule has 1 amide bonds. The van der Waals surface area contributed by atoms with Crippen LogP contribution in [0.3, 0.4) is 0 Å². The molecule has 0 aliphatic carbocycles. The maximum atomic E-state index is 14.0. The van der Waals surface area contributed by atoms with Gasteiger partial charge in [-0.2, -0.15) is 4.98 Å². The molecule has 0 atom stereocenters. The van der Waals surface area contributed by atoms with E-state index in [4.69, 9.17) is 16.3 Å². The maximum absolute atomic E-state index is 14.0. The Morgan fingerprint density at radius 1 is 1.16 bits per heavy atom.